The van der Waals surface area contributed by atoms with E-state index >= 15 is 0 Å². The molecule has 1 aromatic carbocycles. The number of thioether (sulfide) groups is 1. The highest BCUT2D eigenvalue weighted by Crippen LogP contribution is 2.14. The van der Waals surface area contributed by atoms with Crippen LogP contribution in [0.5, 0.6) is 0 Å². The lowest BCUT2D eigenvalue weighted by molar-refractivity contribution is 0.617. The van der Waals surface area contributed by atoms with Crippen molar-refractivity contribution < 1.29 is 4.39 Å². The summed E-state index contributed by atoms with van der Waals surface area (Å²) in [7, 11) is 1.84. The van der Waals surface area contributed by atoms with Crippen LogP contribution in [0.4, 0.5) is 4.39 Å². The molecular formula is C16H23FN6S. The van der Waals surface area contributed by atoms with Gasteiger partial charge in [-0.2, -0.15) is 16.9 Å². The first-order chi connectivity index (χ1) is 11.7. The van der Waals surface area contributed by atoms with Crippen LogP contribution in [-0.4, -0.2) is 39.6 Å². The van der Waals surface area contributed by atoms with Crippen LogP contribution in [0.15, 0.2) is 35.6 Å². The summed E-state index contributed by atoms with van der Waals surface area (Å²) in [6, 6.07) is 6.89. The second-order valence-electron chi connectivity index (χ2n) is 5.07. The van der Waals surface area contributed by atoms with E-state index in [2.05, 4.69) is 25.7 Å². The molecule has 0 saturated heterocycles. The van der Waals surface area contributed by atoms with Gasteiger partial charge in [-0.25, -0.2) is 14.4 Å². The number of aryl methyl sites for hydroxylation is 1. The molecule has 0 aliphatic rings. The summed E-state index contributed by atoms with van der Waals surface area (Å²) in [6.45, 7) is 4.03. The summed E-state index contributed by atoms with van der Waals surface area (Å²) in [5.74, 6) is 2.94. The summed E-state index contributed by atoms with van der Waals surface area (Å²) < 4.78 is 15.2. The fourth-order valence-corrected chi connectivity index (χ4v) is 2.84. The maximum atomic E-state index is 13.5. The maximum Gasteiger partial charge on any atom is 0.191 e. The van der Waals surface area contributed by atoms with Crippen molar-refractivity contribution in [3.63, 3.8) is 0 Å². The zero-order valence-corrected chi connectivity index (χ0v) is 14.8. The van der Waals surface area contributed by atoms with Gasteiger partial charge in [-0.05, 0) is 18.6 Å². The Labute approximate surface area is 146 Å². The molecule has 24 heavy (non-hydrogen) atoms. The number of benzene rings is 1. The maximum absolute atomic E-state index is 13.5. The Hall–Kier alpha value is -2.09. The van der Waals surface area contributed by atoms with Crippen LogP contribution in [0.2, 0.25) is 0 Å². The van der Waals surface area contributed by atoms with E-state index in [1.807, 2.05) is 26.1 Å². The fourth-order valence-electron chi connectivity index (χ4n) is 1.99. The van der Waals surface area contributed by atoms with E-state index in [0.29, 0.717) is 12.3 Å². The van der Waals surface area contributed by atoms with Crippen molar-refractivity contribution in [1.29, 1.82) is 0 Å². The van der Waals surface area contributed by atoms with Gasteiger partial charge in [-0.3, -0.25) is 4.68 Å². The molecular weight excluding hydrogens is 327 g/mol. The fraction of sp³-hybridized carbons (Fsp3) is 0.438. The molecule has 1 heterocycles. The van der Waals surface area contributed by atoms with Crippen molar-refractivity contribution in [3.8, 4) is 0 Å². The lowest BCUT2D eigenvalue weighted by Crippen LogP contribution is -2.38. The highest BCUT2D eigenvalue weighted by atomic mass is 32.2. The van der Waals surface area contributed by atoms with Gasteiger partial charge >= 0.3 is 0 Å². The molecule has 6 nitrogen and oxygen atoms in total. The van der Waals surface area contributed by atoms with E-state index in [1.165, 1.54) is 12.4 Å². The van der Waals surface area contributed by atoms with Gasteiger partial charge in [-0.15, -0.1) is 0 Å². The van der Waals surface area contributed by atoms with Crippen LogP contribution in [0.1, 0.15) is 18.3 Å². The second-order valence-corrected chi connectivity index (χ2v) is 6.17. The zero-order chi connectivity index (χ0) is 17.2. The smallest absolute Gasteiger partial charge is 0.191 e. The SMILES string of the molecule is CCNC(=NCc1ncnn1C)NCCSCc1ccccc1F. The number of halogens is 1. The molecule has 2 rings (SSSR count). The highest BCUT2D eigenvalue weighted by molar-refractivity contribution is 7.98. The molecule has 0 aliphatic carbocycles. The van der Waals surface area contributed by atoms with Gasteiger partial charge in [0.25, 0.3) is 0 Å². The molecule has 0 saturated carbocycles. The summed E-state index contributed by atoms with van der Waals surface area (Å²) in [6.07, 6.45) is 1.52. The molecule has 0 unspecified atom stereocenters. The second kappa shape index (κ2) is 9.92. The number of guanidine groups is 1. The predicted octanol–water partition coefficient (Wildman–Crippen LogP) is 1.94. The Balaban J connectivity index is 1.73. The quantitative estimate of drug-likeness (QED) is 0.433. The average Bonchev–Trinajstić information content (AvgIpc) is 2.99. The summed E-state index contributed by atoms with van der Waals surface area (Å²) in [5, 5.41) is 10.5. The number of nitrogens with one attached hydrogen (secondary N) is 2. The lowest BCUT2D eigenvalue weighted by Gasteiger charge is -2.11. The minimum atomic E-state index is -0.142. The van der Waals surface area contributed by atoms with Gasteiger partial charge in [0, 0.05) is 31.6 Å². The van der Waals surface area contributed by atoms with E-state index < -0.39 is 0 Å². The van der Waals surface area contributed by atoms with Crippen molar-refractivity contribution >= 4 is 17.7 Å². The van der Waals surface area contributed by atoms with E-state index in [0.717, 1.165) is 36.2 Å². The van der Waals surface area contributed by atoms with Crippen LogP contribution < -0.4 is 10.6 Å². The van der Waals surface area contributed by atoms with Crippen molar-refractivity contribution in [1.82, 2.24) is 25.4 Å². The minimum Gasteiger partial charge on any atom is -0.357 e. The number of hydrogen-bond acceptors (Lipinski definition) is 4. The third-order valence-corrected chi connectivity index (χ3v) is 4.29. The minimum absolute atomic E-state index is 0.142. The Bertz CT molecular complexity index is 658. The van der Waals surface area contributed by atoms with Gasteiger partial charge in [0.2, 0.25) is 0 Å². The first kappa shape index (κ1) is 18.3. The Morgan fingerprint density at radius 2 is 2.17 bits per heavy atom. The Morgan fingerprint density at radius 3 is 2.88 bits per heavy atom. The van der Waals surface area contributed by atoms with Crippen LogP contribution in [-0.2, 0) is 19.3 Å². The number of hydrogen-bond donors (Lipinski definition) is 2. The summed E-state index contributed by atoms with van der Waals surface area (Å²) >= 11 is 1.69. The topological polar surface area (TPSA) is 67.1 Å². The molecule has 0 amide bonds. The van der Waals surface area contributed by atoms with E-state index in [9.17, 15) is 4.39 Å². The Morgan fingerprint density at radius 1 is 1.33 bits per heavy atom. The van der Waals surface area contributed by atoms with Crippen LogP contribution in [0.25, 0.3) is 0 Å². The molecule has 0 radical (unpaired) electrons. The third kappa shape index (κ3) is 5.84. The molecule has 0 bridgehead atoms. The molecule has 0 spiro atoms. The van der Waals surface area contributed by atoms with Gasteiger partial charge in [-0.1, -0.05) is 18.2 Å². The van der Waals surface area contributed by atoms with Gasteiger partial charge in [0.05, 0.1) is 0 Å². The van der Waals surface area contributed by atoms with Crippen LogP contribution in [0, 0.1) is 5.82 Å². The zero-order valence-electron chi connectivity index (χ0n) is 14.0. The van der Waals surface area contributed by atoms with Crippen molar-refractivity contribution in [2.45, 2.75) is 19.2 Å². The molecule has 0 atom stereocenters. The lowest BCUT2D eigenvalue weighted by atomic mass is 10.2. The molecule has 1 aromatic heterocycles. The number of nitrogens with zero attached hydrogens (tertiary/aromatic N) is 4. The number of rotatable bonds is 8. The molecule has 2 N–H and O–H groups in total. The normalized spacial score (nSPS) is 11.5. The van der Waals surface area contributed by atoms with Crippen LogP contribution in [0.3, 0.4) is 0 Å². The highest BCUT2D eigenvalue weighted by Gasteiger charge is 2.03. The first-order valence-corrected chi connectivity index (χ1v) is 9.02. The van der Waals surface area contributed by atoms with E-state index in [1.54, 1.807) is 22.5 Å². The average molecular weight is 350 g/mol. The number of aromatic nitrogens is 3. The van der Waals surface area contributed by atoms with Gasteiger partial charge < -0.3 is 10.6 Å². The van der Waals surface area contributed by atoms with Crippen molar-refractivity contribution in [3.05, 3.63) is 47.8 Å². The summed E-state index contributed by atoms with van der Waals surface area (Å²) in [4.78, 5) is 8.64. The largest absolute Gasteiger partial charge is 0.357 e. The molecule has 0 fully saturated rings. The molecule has 130 valence electrons. The summed E-state index contributed by atoms with van der Waals surface area (Å²) in [5.41, 5.74) is 0.741. The monoisotopic (exact) mass is 350 g/mol. The van der Waals surface area contributed by atoms with E-state index in [4.69, 9.17) is 0 Å². The predicted molar refractivity (Wildman–Crippen MR) is 96.4 cm³/mol. The van der Waals surface area contributed by atoms with Gasteiger partial charge in [0.15, 0.2) is 5.96 Å². The van der Waals surface area contributed by atoms with E-state index in [-0.39, 0.29) is 5.82 Å². The molecule has 2 aromatic rings. The third-order valence-electron chi connectivity index (χ3n) is 3.28. The van der Waals surface area contributed by atoms with Crippen molar-refractivity contribution in [2.24, 2.45) is 12.0 Å². The number of aliphatic imine (C=N–C) groups is 1. The van der Waals surface area contributed by atoms with Gasteiger partial charge in [0.1, 0.15) is 24.5 Å². The Kier molecular flexibility index (Phi) is 7.54. The first-order valence-electron chi connectivity index (χ1n) is 7.87. The molecule has 0 aliphatic heterocycles. The van der Waals surface area contributed by atoms with Crippen LogP contribution >= 0.6 is 11.8 Å². The van der Waals surface area contributed by atoms with Crippen molar-refractivity contribution in [2.75, 3.05) is 18.8 Å². The standard InChI is InChI=1S/C16H23FN6S/c1-3-18-16(20-10-15-21-12-22-23(15)2)19-8-9-24-11-13-6-4-5-7-14(13)17/h4-7,12H,3,8-11H2,1-2H3,(H2,18,19,20). The molecule has 8 heteroatoms.